The van der Waals surface area contributed by atoms with Gasteiger partial charge in [0.05, 0.1) is 36.1 Å². The molecule has 1 aliphatic rings. The summed E-state index contributed by atoms with van der Waals surface area (Å²) in [5.41, 5.74) is 2.51. The van der Waals surface area contributed by atoms with Crippen LogP contribution in [0.3, 0.4) is 0 Å². The minimum atomic E-state index is -1.08. The molecule has 0 bridgehead atoms. The van der Waals surface area contributed by atoms with Gasteiger partial charge in [-0.2, -0.15) is 5.10 Å². The molecule has 4 rings (SSSR count). The molecule has 1 unspecified atom stereocenters. The Hall–Kier alpha value is -3.26. The third-order valence-electron chi connectivity index (χ3n) is 5.03. The van der Waals surface area contributed by atoms with Gasteiger partial charge in [-0.15, -0.1) is 0 Å². The van der Waals surface area contributed by atoms with Gasteiger partial charge < -0.3 is 14.7 Å². The number of carbonyl (C=O) groups is 2. The molecule has 1 N–H and O–H groups in total. The summed E-state index contributed by atoms with van der Waals surface area (Å²) in [4.78, 5) is 31.2. The monoisotopic (exact) mass is 394 g/mol. The number of benzene rings is 1. The quantitative estimate of drug-likeness (QED) is 0.731. The minimum Gasteiger partial charge on any atom is -0.480 e. The fraction of sp³-hybridized carbons (Fsp3) is 0.333. The lowest BCUT2D eigenvalue weighted by molar-refractivity contribution is -0.147. The SMILES string of the molecule is CC(C)n1ncc2c(C(=O)N3CCOCC3C(=O)O)cc(-c3ccccc3)nc21. The number of carboxylic acids is 1. The van der Waals surface area contributed by atoms with Gasteiger partial charge in [-0.25, -0.2) is 14.5 Å². The first-order chi connectivity index (χ1) is 14.0. The molecule has 29 heavy (non-hydrogen) atoms. The second-order valence-corrected chi connectivity index (χ2v) is 7.27. The van der Waals surface area contributed by atoms with Crippen molar-refractivity contribution in [3.05, 3.63) is 48.2 Å². The Kier molecular flexibility index (Phi) is 5.02. The molecule has 1 atom stereocenters. The highest BCUT2D eigenvalue weighted by molar-refractivity contribution is 6.07. The molecular formula is C21H22N4O4. The van der Waals surface area contributed by atoms with Gasteiger partial charge in [0.1, 0.15) is 0 Å². The first-order valence-electron chi connectivity index (χ1n) is 9.52. The lowest BCUT2D eigenvalue weighted by Crippen LogP contribution is -2.52. The zero-order valence-electron chi connectivity index (χ0n) is 16.3. The van der Waals surface area contributed by atoms with Crippen molar-refractivity contribution in [2.45, 2.75) is 25.9 Å². The summed E-state index contributed by atoms with van der Waals surface area (Å²) in [5.74, 6) is -1.43. The fourth-order valence-electron chi connectivity index (χ4n) is 3.54. The van der Waals surface area contributed by atoms with Gasteiger partial charge in [0.15, 0.2) is 11.7 Å². The average molecular weight is 394 g/mol. The number of hydrogen-bond donors (Lipinski definition) is 1. The second-order valence-electron chi connectivity index (χ2n) is 7.27. The van der Waals surface area contributed by atoms with Gasteiger partial charge in [-0.05, 0) is 19.9 Å². The van der Waals surface area contributed by atoms with Crippen molar-refractivity contribution < 1.29 is 19.4 Å². The Morgan fingerprint density at radius 3 is 2.69 bits per heavy atom. The molecule has 1 saturated heterocycles. The third kappa shape index (κ3) is 3.47. The molecule has 1 aliphatic heterocycles. The maximum absolute atomic E-state index is 13.4. The molecule has 3 heterocycles. The van der Waals surface area contributed by atoms with Crippen LogP contribution in [0.15, 0.2) is 42.6 Å². The van der Waals surface area contributed by atoms with E-state index in [0.29, 0.717) is 28.9 Å². The van der Waals surface area contributed by atoms with Crippen LogP contribution in [-0.2, 0) is 9.53 Å². The van der Waals surface area contributed by atoms with E-state index in [2.05, 4.69) is 5.10 Å². The zero-order valence-corrected chi connectivity index (χ0v) is 16.3. The van der Waals surface area contributed by atoms with E-state index in [4.69, 9.17) is 9.72 Å². The molecule has 2 aromatic heterocycles. The Bertz CT molecular complexity index is 1060. The Morgan fingerprint density at radius 2 is 2.00 bits per heavy atom. The summed E-state index contributed by atoms with van der Waals surface area (Å²) in [5, 5.41) is 14.5. The lowest BCUT2D eigenvalue weighted by Gasteiger charge is -2.33. The van der Waals surface area contributed by atoms with Crippen molar-refractivity contribution in [2.24, 2.45) is 0 Å². The number of hydrogen-bond acceptors (Lipinski definition) is 5. The third-order valence-corrected chi connectivity index (χ3v) is 5.03. The standard InChI is InChI=1S/C21H22N4O4/c1-13(2)25-19-16(11-22-25)15(10-17(23-19)14-6-4-3-5-7-14)20(26)24-8-9-29-12-18(24)21(27)28/h3-7,10-11,13,18H,8-9,12H2,1-2H3,(H,27,28). The van der Waals surface area contributed by atoms with E-state index in [9.17, 15) is 14.7 Å². The lowest BCUT2D eigenvalue weighted by atomic mass is 10.0. The van der Waals surface area contributed by atoms with Crippen LogP contribution in [0.1, 0.15) is 30.2 Å². The van der Waals surface area contributed by atoms with Gasteiger partial charge in [0.2, 0.25) is 0 Å². The van der Waals surface area contributed by atoms with Crippen molar-refractivity contribution in [2.75, 3.05) is 19.8 Å². The summed E-state index contributed by atoms with van der Waals surface area (Å²) in [7, 11) is 0. The molecule has 0 radical (unpaired) electrons. The molecule has 0 aliphatic carbocycles. The molecule has 0 spiro atoms. The number of amides is 1. The van der Waals surface area contributed by atoms with Crippen LogP contribution < -0.4 is 0 Å². The van der Waals surface area contributed by atoms with Crippen LogP contribution in [0.5, 0.6) is 0 Å². The molecular weight excluding hydrogens is 372 g/mol. The van der Waals surface area contributed by atoms with E-state index in [0.717, 1.165) is 5.56 Å². The van der Waals surface area contributed by atoms with Crippen LogP contribution in [0.2, 0.25) is 0 Å². The number of nitrogens with zero attached hydrogens (tertiary/aromatic N) is 4. The van der Waals surface area contributed by atoms with E-state index in [-0.39, 0.29) is 25.1 Å². The van der Waals surface area contributed by atoms with Gasteiger partial charge in [-0.1, -0.05) is 30.3 Å². The number of carbonyl (C=O) groups excluding carboxylic acids is 1. The maximum atomic E-state index is 13.4. The molecule has 0 saturated carbocycles. The van der Waals surface area contributed by atoms with Crippen LogP contribution >= 0.6 is 0 Å². The molecule has 150 valence electrons. The van der Waals surface area contributed by atoms with Crippen molar-refractivity contribution >= 4 is 22.9 Å². The number of aromatic nitrogens is 3. The molecule has 8 heteroatoms. The van der Waals surface area contributed by atoms with Crippen molar-refractivity contribution in [3.63, 3.8) is 0 Å². The van der Waals surface area contributed by atoms with E-state index in [1.54, 1.807) is 16.9 Å². The second kappa shape index (κ2) is 7.63. The van der Waals surface area contributed by atoms with E-state index in [1.165, 1.54) is 4.90 Å². The topological polar surface area (TPSA) is 97.6 Å². The summed E-state index contributed by atoms with van der Waals surface area (Å²) in [6.07, 6.45) is 1.63. The number of fused-ring (bicyclic) bond motifs is 1. The van der Waals surface area contributed by atoms with Gasteiger partial charge >= 0.3 is 5.97 Å². The van der Waals surface area contributed by atoms with Crippen molar-refractivity contribution in [1.29, 1.82) is 0 Å². The van der Waals surface area contributed by atoms with E-state index in [1.807, 2.05) is 44.2 Å². The minimum absolute atomic E-state index is 0.0217. The predicted molar refractivity (Wildman–Crippen MR) is 107 cm³/mol. The van der Waals surface area contributed by atoms with E-state index < -0.39 is 12.0 Å². The number of ether oxygens (including phenoxy) is 1. The average Bonchev–Trinajstić information content (AvgIpc) is 3.17. The number of pyridine rings is 1. The normalized spacial score (nSPS) is 17.1. The molecule has 3 aromatic rings. The number of aliphatic carboxylic acids is 1. The number of carboxylic acid groups (broad SMARTS) is 1. The van der Waals surface area contributed by atoms with Crippen molar-refractivity contribution in [1.82, 2.24) is 19.7 Å². The summed E-state index contributed by atoms with van der Waals surface area (Å²) >= 11 is 0. The highest BCUT2D eigenvalue weighted by Gasteiger charge is 2.34. The highest BCUT2D eigenvalue weighted by atomic mass is 16.5. The molecule has 1 fully saturated rings. The van der Waals surface area contributed by atoms with Gasteiger partial charge in [0.25, 0.3) is 5.91 Å². The summed E-state index contributed by atoms with van der Waals surface area (Å²) < 4.78 is 7.04. The van der Waals surface area contributed by atoms with Crippen LogP contribution in [0.4, 0.5) is 0 Å². The predicted octanol–water partition coefficient (Wildman–Crippen LogP) is 2.60. The van der Waals surface area contributed by atoms with Gasteiger partial charge in [-0.3, -0.25) is 4.79 Å². The Morgan fingerprint density at radius 1 is 1.24 bits per heavy atom. The van der Waals surface area contributed by atoms with Crippen LogP contribution in [0, 0.1) is 0 Å². The van der Waals surface area contributed by atoms with Crippen LogP contribution in [0.25, 0.3) is 22.3 Å². The van der Waals surface area contributed by atoms with Crippen LogP contribution in [-0.4, -0.2) is 62.4 Å². The Labute approximate surface area is 167 Å². The first-order valence-corrected chi connectivity index (χ1v) is 9.52. The van der Waals surface area contributed by atoms with Gasteiger partial charge in [0, 0.05) is 18.2 Å². The Balaban J connectivity index is 1.88. The largest absolute Gasteiger partial charge is 0.480 e. The highest BCUT2D eigenvalue weighted by Crippen LogP contribution is 2.28. The smallest absolute Gasteiger partial charge is 0.328 e. The number of rotatable bonds is 4. The zero-order chi connectivity index (χ0) is 20.5. The molecule has 1 amide bonds. The molecule has 8 nitrogen and oxygen atoms in total. The van der Waals surface area contributed by atoms with E-state index >= 15 is 0 Å². The fourth-order valence-corrected chi connectivity index (χ4v) is 3.54. The molecule has 1 aromatic carbocycles. The summed E-state index contributed by atoms with van der Waals surface area (Å²) in [6.45, 7) is 4.49. The maximum Gasteiger partial charge on any atom is 0.328 e. The number of morpholine rings is 1. The van der Waals surface area contributed by atoms with Crippen molar-refractivity contribution in [3.8, 4) is 11.3 Å². The summed E-state index contributed by atoms with van der Waals surface area (Å²) in [6, 6.07) is 10.3. The first kappa shape index (κ1) is 19.1.